The maximum Gasteiger partial charge on any atom is 0.230 e. The predicted octanol–water partition coefficient (Wildman–Crippen LogP) is 1.93. The van der Waals surface area contributed by atoms with Crippen molar-refractivity contribution in [3.63, 3.8) is 0 Å². The Hall–Kier alpha value is -0.0500. The van der Waals surface area contributed by atoms with E-state index >= 15 is 0 Å². The number of halogens is 1. The maximum atomic E-state index is 10.8. The molecule has 0 aromatic rings. The van der Waals surface area contributed by atoms with Gasteiger partial charge in [0, 0.05) is 6.54 Å². The van der Waals surface area contributed by atoms with Crippen LogP contribution in [0.5, 0.6) is 0 Å². The number of hydrogen-bond donors (Lipinski definition) is 1. The first kappa shape index (κ1) is 11.0. The molecule has 0 spiro atoms. The third-order valence-corrected chi connectivity index (χ3v) is 2.37. The van der Waals surface area contributed by atoms with Gasteiger partial charge in [-0.25, -0.2) is 0 Å². The number of nitrogens with one attached hydrogen (secondary N) is 1. The van der Waals surface area contributed by atoms with Crippen LogP contribution in [0.15, 0.2) is 0 Å². The molecule has 0 aliphatic carbocycles. The van der Waals surface area contributed by atoms with E-state index in [1.165, 1.54) is 0 Å². The second kappa shape index (κ2) is 6.65. The summed E-state index contributed by atoms with van der Waals surface area (Å²) >= 11 is 3.10. The molecule has 0 rings (SSSR count). The molecule has 0 aliphatic rings. The first-order valence-electron chi connectivity index (χ1n) is 4.07. The summed E-state index contributed by atoms with van der Waals surface area (Å²) in [5.41, 5.74) is 0. The van der Waals surface area contributed by atoms with Crippen molar-refractivity contribution in [2.45, 2.75) is 26.7 Å². The number of rotatable bonds is 5. The zero-order valence-electron chi connectivity index (χ0n) is 7.19. The van der Waals surface area contributed by atoms with Crippen LogP contribution in [-0.4, -0.2) is 17.8 Å². The second-order valence-electron chi connectivity index (χ2n) is 2.62. The van der Waals surface area contributed by atoms with Gasteiger partial charge in [-0.15, -0.1) is 0 Å². The van der Waals surface area contributed by atoms with Crippen molar-refractivity contribution in [3.05, 3.63) is 0 Å². The number of alkyl halides is 1. The highest BCUT2D eigenvalue weighted by Crippen LogP contribution is 2.04. The van der Waals surface area contributed by atoms with Crippen LogP contribution in [0, 0.1) is 5.92 Å². The van der Waals surface area contributed by atoms with Crippen molar-refractivity contribution in [2.24, 2.45) is 5.92 Å². The molecule has 0 atom stereocenters. The molecule has 1 N–H and O–H groups in total. The average molecular weight is 222 g/mol. The van der Waals surface area contributed by atoms with Crippen molar-refractivity contribution in [2.75, 3.05) is 11.9 Å². The van der Waals surface area contributed by atoms with Crippen LogP contribution in [0.2, 0.25) is 0 Å². The van der Waals surface area contributed by atoms with E-state index in [1.54, 1.807) is 0 Å². The minimum absolute atomic E-state index is 0.0805. The first-order valence-corrected chi connectivity index (χ1v) is 5.19. The monoisotopic (exact) mass is 221 g/mol. The van der Waals surface area contributed by atoms with Crippen LogP contribution >= 0.6 is 15.9 Å². The Bertz CT molecular complexity index is 113. The van der Waals surface area contributed by atoms with Gasteiger partial charge in [0.2, 0.25) is 5.91 Å². The Morgan fingerprint density at radius 2 is 2.00 bits per heavy atom. The molecular formula is C8H16BrNO. The fourth-order valence-electron chi connectivity index (χ4n) is 0.883. The fraction of sp³-hybridized carbons (Fsp3) is 0.875. The predicted molar refractivity (Wildman–Crippen MR) is 50.9 cm³/mol. The summed E-state index contributed by atoms with van der Waals surface area (Å²) in [5, 5.41) is 3.26. The molecular weight excluding hydrogens is 206 g/mol. The number of hydrogen-bond acceptors (Lipinski definition) is 1. The highest BCUT2D eigenvalue weighted by atomic mass is 79.9. The van der Waals surface area contributed by atoms with Crippen LogP contribution in [0.3, 0.4) is 0 Å². The van der Waals surface area contributed by atoms with Gasteiger partial charge in [0.05, 0.1) is 5.33 Å². The standard InChI is InChI=1S/C8H16BrNO/c1-3-7(4-2)6-10-8(11)5-9/h7H,3-6H2,1-2H3,(H,10,11). The Kier molecular flexibility index (Phi) is 6.62. The summed E-state index contributed by atoms with van der Waals surface area (Å²) in [7, 11) is 0. The number of carbonyl (C=O) groups excluding carboxylic acids is 1. The van der Waals surface area contributed by atoms with Crippen LogP contribution in [0.4, 0.5) is 0 Å². The minimum atomic E-state index is 0.0805. The lowest BCUT2D eigenvalue weighted by molar-refractivity contribution is -0.118. The highest BCUT2D eigenvalue weighted by molar-refractivity contribution is 9.09. The lowest BCUT2D eigenvalue weighted by atomic mass is 10.0. The number of amides is 1. The van der Waals surface area contributed by atoms with Crippen molar-refractivity contribution >= 4 is 21.8 Å². The molecule has 0 saturated carbocycles. The van der Waals surface area contributed by atoms with Crippen LogP contribution < -0.4 is 5.32 Å². The van der Waals surface area contributed by atoms with Crippen molar-refractivity contribution < 1.29 is 4.79 Å². The Morgan fingerprint density at radius 1 is 1.45 bits per heavy atom. The van der Waals surface area contributed by atoms with Gasteiger partial charge in [0.15, 0.2) is 0 Å². The Balaban J connectivity index is 3.42. The van der Waals surface area contributed by atoms with Crippen molar-refractivity contribution in [1.82, 2.24) is 5.32 Å². The molecule has 0 unspecified atom stereocenters. The third-order valence-electron chi connectivity index (χ3n) is 1.86. The topological polar surface area (TPSA) is 29.1 Å². The summed E-state index contributed by atoms with van der Waals surface area (Å²) in [4.78, 5) is 10.8. The van der Waals surface area contributed by atoms with Gasteiger partial charge in [-0.3, -0.25) is 4.79 Å². The largest absolute Gasteiger partial charge is 0.355 e. The summed E-state index contributed by atoms with van der Waals surface area (Å²) in [6.45, 7) is 5.11. The van der Waals surface area contributed by atoms with Crippen LogP contribution in [0.1, 0.15) is 26.7 Å². The molecule has 1 amide bonds. The normalized spacial score (nSPS) is 10.2. The highest BCUT2D eigenvalue weighted by Gasteiger charge is 2.04. The summed E-state index contributed by atoms with van der Waals surface area (Å²) in [6.07, 6.45) is 2.28. The zero-order chi connectivity index (χ0) is 8.69. The van der Waals surface area contributed by atoms with Gasteiger partial charge in [-0.2, -0.15) is 0 Å². The van der Waals surface area contributed by atoms with E-state index < -0.39 is 0 Å². The maximum absolute atomic E-state index is 10.8. The van der Waals surface area contributed by atoms with Gasteiger partial charge in [0.1, 0.15) is 0 Å². The summed E-state index contributed by atoms with van der Waals surface area (Å²) < 4.78 is 0. The van der Waals surface area contributed by atoms with Gasteiger partial charge in [-0.1, -0.05) is 42.6 Å². The molecule has 0 saturated heterocycles. The van der Waals surface area contributed by atoms with Gasteiger partial charge in [-0.05, 0) is 5.92 Å². The summed E-state index contributed by atoms with van der Waals surface area (Å²) in [6, 6.07) is 0. The smallest absolute Gasteiger partial charge is 0.230 e. The van der Waals surface area contributed by atoms with E-state index in [-0.39, 0.29) is 5.91 Å². The molecule has 0 fully saturated rings. The fourth-order valence-corrected chi connectivity index (χ4v) is 1.08. The summed E-state index contributed by atoms with van der Waals surface area (Å²) in [5.74, 6) is 0.718. The Labute approximate surface area is 76.9 Å². The number of carbonyl (C=O) groups is 1. The molecule has 0 heterocycles. The average Bonchev–Trinajstić information content (AvgIpc) is 2.06. The van der Waals surface area contributed by atoms with E-state index in [1.807, 2.05) is 0 Å². The molecule has 0 aromatic heterocycles. The third kappa shape index (κ3) is 5.24. The first-order chi connectivity index (χ1) is 5.24. The lowest BCUT2D eigenvalue weighted by Crippen LogP contribution is -2.29. The lowest BCUT2D eigenvalue weighted by Gasteiger charge is -2.11. The van der Waals surface area contributed by atoms with E-state index in [0.717, 1.165) is 19.4 Å². The molecule has 0 aromatic carbocycles. The van der Waals surface area contributed by atoms with Gasteiger partial charge >= 0.3 is 0 Å². The van der Waals surface area contributed by atoms with Gasteiger partial charge in [0.25, 0.3) is 0 Å². The van der Waals surface area contributed by atoms with E-state index in [0.29, 0.717) is 11.2 Å². The molecule has 0 radical (unpaired) electrons. The molecule has 0 bridgehead atoms. The zero-order valence-corrected chi connectivity index (χ0v) is 8.78. The second-order valence-corrected chi connectivity index (χ2v) is 3.18. The van der Waals surface area contributed by atoms with E-state index in [9.17, 15) is 4.79 Å². The SMILES string of the molecule is CCC(CC)CNC(=O)CBr. The molecule has 0 aliphatic heterocycles. The van der Waals surface area contributed by atoms with Crippen molar-refractivity contribution in [3.8, 4) is 0 Å². The quantitative estimate of drug-likeness (QED) is 0.707. The van der Waals surface area contributed by atoms with Gasteiger partial charge < -0.3 is 5.32 Å². The van der Waals surface area contributed by atoms with Crippen molar-refractivity contribution in [1.29, 1.82) is 0 Å². The molecule has 11 heavy (non-hydrogen) atoms. The Morgan fingerprint density at radius 3 is 2.36 bits per heavy atom. The molecule has 2 nitrogen and oxygen atoms in total. The minimum Gasteiger partial charge on any atom is -0.355 e. The molecule has 3 heteroatoms. The van der Waals surface area contributed by atoms with E-state index in [2.05, 4.69) is 35.1 Å². The van der Waals surface area contributed by atoms with E-state index in [4.69, 9.17) is 0 Å². The molecule has 66 valence electrons. The van der Waals surface area contributed by atoms with Crippen LogP contribution in [0.25, 0.3) is 0 Å². The van der Waals surface area contributed by atoms with Crippen LogP contribution in [-0.2, 0) is 4.79 Å².